The Kier molecular flexibility index (Phi) is 3.72. The molecular formula is C16H17ClN2. The first-order chi connectivity index (χ1) is 9.33. The predicted octanol–water partition coefficient (Wildman–Crippen LogP) is 3.32. The molecule has 0 bridgehead atoms. The van der Waals surface area contributed by atoms with Gasteiger partial charge in [0.05, 0.1) is 6.04 Å². The molecule has 3 heteroatoms. The van der Waals surface area contributed by atoms with Crippen molar-refractivity contribution >= 4 is 17.3 Å². The van der Waals surface area contributed by atoms with E-state index in [-0.39, 0.29) is 0 Å². The largest absolute Gasteiger partial charge is 0.362 e. The molecule has 2 aromatic carbocycles. The fourth-order valence-corrected chi connectivity index (χ4v) is 2.46. The summed E-state index contributed by atoms with van der Waals surface area (Å²) in [5.41, 5.74) is 2.57. The third kappa shape index (κ3) is 2.91. The molecule has 0 atom stereocenters. The monoisotopic (exact) mass is 272 g/mol. The summed E-state index contributed by atoms with van der Waals surface area (Å²) in [4.78, 5) is 2.46. The minimum atomic E-state index is 0.582. The lowest BCUT2D eigenvalue weighted by atomic mass is 10.1. The van der Waals surface area contributed by atoms with Gasteiger partial charge in [0, 0.05) is 30.3 Å². The molecular weight excluding hydrogens is 256 g/mol. The van der Waals surface area contributed by atoms with Crippen LogP contribution in [0, 0.1) is 0 Å². The van der Waals surface area contributed by atoms with Crippen LogP contribution in [0.1, 0.15) is 5.56 Å². The SMILES string of the molecule is Clc1ccc(CN(c2ccccc2)C2CNC2)cc1. The Morgan fingerprint density at radius 2 is 1.68 bits per heavy atom. The molecule has 0 spiro atoms. The van der Waals surface area contributed by atoms with Crippen LogP contribution < -0.4 is 10.2 Å². The maximum atomic E-state index is 5.94. The third-order valence-corrected chi connectivity index (χ3v) is 3.81. The second kappa shape index (κ2) is 5.64. The second-order valence-electron chi connectivity index (χ2n) is 4.90. The Bertz CT molecular complexity index is 520. The van der Waals surface area contributed by atoms with Crippen LogP contribution >= 0.6 is 11.6 Å². The summed E-state index contributed by atoms with van der Waals surface area (Å²) in [5.74, 6) is 0. The molecule has 1 N–H and O–H groups in total. The average Bonchev–Trinajstić information content (AvgIpc) is 2.39. The molecule has 0 aromatic heterocycles. The normalized spacial score (nSPS) is 15.0. The van der Waals surface area contributed by atoms with Crippen molar-refractivity contribution in [2.45, 2.75) is 12.6 Å². The van der Waals surface area contributed by atoms with Gasteiger partial charge in [0.15, 0.2) is 0 Å². The lowest BCUT2D eigenvalue weighted by Crippen LogP contribution is -2.57. The van der Waals surface area contributed by atoms with Crippen LogP contribution in [0.4, 0.5) is 5.69 Å². The van der Waals surface area contributed by atoms with Crippen LogP contribution in [-0.4, -0.2) is 19.1 Å². The highest BCUT2D eigenvalue weighted by molar-refractivity contribution is 6.30. The van der Waals surface area contributed by atoms with Crippen molar-refractivity contribution in [3.05, 3.63) is 65.2 Å². The van der Waals surface area contributed by atoms with E-state index in [1.54, 1.807) is 0 Å². The maximum Gasteiger partial charge on any atom is 0.0542 e. The van der Waals surface area contributed by atoms with Gasteiger partial charge in [0.1, 0.15) is 0 Å². The van der Waals surface area contributed by atoms with Crippen molar-refractivity contribution in [3.8, 4) is 0 Å². The summed E-state index contributed by atoms with van der Waals surface area (Å²) in [6, 6.07) is 19.3. The first-order valence-electron chi connectivity index (χ1n) is 6.60. The smallest absolute Gasteiger partial charge is 0.0542 e. The zero-order valence-corrected chi connectivity index (χ0v) is 11.5. The molecule has 1 aliphatic rings. The van der Waals surface area contributed by atoms with Gasteiger partial charge in [-0.05, 0) is 29.8 Å². The lowest BCUT2D eigenvalue weighted by molar-refractivity contribution is 0.411. The van der Waals surface area contributed by atoms with Gasteiger partial charge in [-0.2, -0.15) is 0 Å². The first-order valence-corrected chi connectivity index (χ1v) is 6.97. The van der Waals surface area contributed by atoms with Crippen molar-refractivity contribution in [3.63, 3.8) is 0 Å². The van der Waals surface area contributed by atoms with Gasteiger partial charge < -0.3 is 10.2 Å². The molecule has 0 saturated carbocycles. The number of hydrogen-bond donors (Lipinski definition) is 1. The Hall–Kier alpha value is -1.51. The first kappa shape index (κ1) is 12.5. The van der Waals surface area contributed by atoms with E-state index in [4.69, 9.17) is 11.6 Å². The topological polar surface area (TPSA) is 15.3 Å². The van der Waals surface area contributed by atoms with Crippen LogP contribution in [0.25, 0.3) is 0 Å². The Labute approximate surface area is 119 Å². The predicted molar refractivity (Wildman–Crippen MR) is 80.7 cm³/mol. The molecule has 2 nitrogen and oxygen atoms in total. The van der Waals surface area contributed by atoms with Crippen molar-refractivity contribution in [1.82, 2.24) is 5.32 Å². The standard InChI is InChI=1S/C16H17ClN2/c17-14-8-6-13(7-9-14)12-19(16-10-18-11-16)15-4-2-1-3-5-15/h1-9,16,18H,10-12H2. The van der Waals surface area contributed by atoms with E-state index in [1.165, 1.54) is 11.3 Å². The zero-order valence-electron chi connectivity index (χ0n) is 10.7. The minimum absolute atomic E-state index is 0.582. The number of anilines is 1. The molecule has 3 rings (SSSR count). The van der Waals surface area contributed by atoms with Gasteiger partial charge in [0.2, 0.25) is 0 Å². The molecule has 0 aliphatic carbocycles. The van der Waals surface area contributed by atoms with E-state index in [2.05, 4.69) is 52.7 Å². The molecule has 1 aliphatic heterocycles. The van der Waals surface area contributed by atoms with Gasteiger partial charge >= 0.3 is 0 Å². The van der Waals surface area contributed by atoms with Gasteiger partial charge in [-0.1, -0.05) is 41.9 Å². The highest BCUT2D eigenvalue weighted by Crippen LogP contribution is 2.22. The summed E-state index contributed by atoms with van der Waals surface area (Å²) in [6.07, 6.45) is 0. The van der Waals surface area contributed by atoms with Crippen LogP contribution in [0.3, 0.4) is 0 Å². The number of rotatable bonds is 4. The van der Waals surface area contributed by atoms with Gasteiger partial charge in [-0.3, -0.25) is 0 Å². The van der Waals surface area contributed by atoms with Crippen LogP contribution in [-0.2, 0) is 6.54 Å². The van der Waals surface area contributed by atoms with E-state index in [1.807, 2.05) is 12.1 Å². The molecule has 0 amide bonds. The number of halogens is 1. The molecule has 19 heavy (non-hydrogen) atoms. The average molecular weight is 273 g/mol. The number of hydrogen-bond acceptors (Lipinski definition) is 2. The number of nitrogens with zero attached hydrogens (tertiary/aromatic N) is 1. The molecule has 98 valence electrons. The van der Waals surface area contributed by atoms with E-state index in [9.17, 15) is 0 Å². The van der Waals surface area contributed by atoms with Gasteiger partial charge in [0.25, 0.3) is 0 Å². The maximum absolute atomic E-state index is 5.94. The zero-order chi connectivity index (χ0) is 13.1. The molecule has 1 heterocycles. The number of nitrogens with one attached hydrogen (secondary N) is 1. The van der Waals surface area contributed by atoms with Crippen LogP contribution in [0.2, 0.25) is 5.02 Å². The quantitative estimate of drug-likeness (QED) is 0.919. The molecule has 1 saturated heterocycles. The number of para-hydroxylation sites is 1. The fourth-order valence-electron chi connectivity index (χ4n) is 2.33. The number of benzene rings is 2. The molecule has 1 fully saturated rings. The Morgan fingerprint density at radius 3 is 2.26 bits per heavy atom. The van der Waals surface area contributed by atoms with Crippen molar-refractivity contribution in [2.24, 2.45) is 0 Å². The molecule has 0 radical (unpaired) electrons. The van der Waals surface area contributed by atoms with E-state index in [0.717, 1.165) is 24.7 Å². The minimum Gasteiger partial charge on any atom is -0.362 e. The molecule has 0 unspecified atom stereocenters. The van der Waals surface area contributed by atoms with E-state index < -0.39 is 0 Å². The van der Waals surface area contributed by atoms with Gasteiger partial charge in [-0.25, -0.2) is 0 Å². The lowest BCUT2D eigenvalue weighted by Gasteiger charge is -2.40. The fraction of sp³-hybridized carbons (Fsp3) is 0.250. The van der Waals surface area contributed by atoms with Crippen molar-refractivity contribution in [1.29, 1.82) is 0 Å². The second-order valence-corrected chi connectivity index (χ2v) is 5.34. The summed E-state index contributed by atoms with van der Waals surface area (Å²) in [6.45, 7) is 3.04. The van der Waals surface area contributed by atoms with Crippen molar-refractivity contribution < 1.29 is 0 Å². The Balaban J connectivity index is 1.81. The van der Waals surface area contributed by atoms with Crippen LogP contribution in [0.15, 0.2) is 54.6 Å². The van der Waals surface area contributed by atoms with Crippen LogP contribution in [0.5, 0.6) is 0 Å². The van der Waals surface area contributed by atoms with E-state index >= 15 is 0 Å². The summed E-state index contributed by atoms with van der Waals surface area (Å²) in [7, 11) is 0. The summed E-state index contributed by atoms with van der Waals surface area (Å²) < 4.78 is 0. The Morgan fingerprint density at radius 1 is 1.00 bits per heavy atom. The third-order valence-electron chi connectivity index (χ3n) is 3.55. The summed E-state index contributed by atoms with van der Waals surface area (Å²) in [5, 5.41) is 4.14. The molecule has 2 aromatic rings. The van der Waals surface area contributed by atoms with E-state index in [0.29, 0.717) is 6.04 Å². The highest BCUT2D eigenvalue weighted by atomic mass is 35.5. The highest BCUT2D eigenvalue weighted by Gasteiger charge is 2.24. The van der Waals surface area contributed by atoms with Gasteiger partial charge in [-0.15, -0.1) is 0 Å². The van der Waals surface area contributed by atoms with Crippen molar-refractivity contribution in [2.75, 3.05) is 18.0 Å². The summed E-state index contributed by atoms with van der Waals surface area (Å²) >= 11 is 5.94.